The van der Waals surface area contributed by atoms with Gasteiger partial charge in [0, 0.05) is 19.3 Å². The molecule has 0 bridgehead atoms. The fourth-order valence-electron chi connectivity index (χ4n) is 5.93. The Bertz CT molecular complexity index is 876. The second-order valence-corrected chi connectivity index (χ2v) is 14.2. The van der Waals surface area contributed by atoms with E-state index in [0.29, 0.717) is 19.3 Å². The highest BCUT2D eigenvalue weighted by Crippen LogP contribution is 2.14. The Hall–Kier alpha value is -2.37. The highest BCUT2D eigenvalue weighted by atomic mass is 16.6. The summed E-state index contributed by atoms with van der Waals surface area (Å²) in [4.78, 5) is 37.5. The molecule has 0 aromatic heterocycles. The largest absolute Gasteiger partial charge is 0.462 e. The van der Waals surface area contributed by atoms with Crippen molar-refractivity contribution in [3.05, 3.63) is 36.5 Å². The van der Waals surface area contributed by atoms with Gasteiger partial charge in [-0.15, -0.1) is 0 Å². The van der Waals surface area contributed by atoms with Crippen LogP contribution >= 0.6 is 0 Å². The monoisotopic (exact) mass is 717 g/mol. The molecule has 6 nitrogen and oxygen atoms in total. The van der Waals surface area contributed by atoms with E-state index in [1.54, 1.807) is 0 Å². The van der Waals surface area contributed by atoms with Gasteiger partial charge in [0.15, 0.2) is 6.10 Å². The van der Waals surface area contributed by atoms with Gasteiger partial charge in [-0.05, 0) is 51.4 Å². The van der Waals surface area contributed by atoms with Crippen LogP contribution in [0, 0.1) is 0 Å². The molecule has 0 amide bonds. The van der Waals surface area contributed by atoms with Crippen molar-refractivity contribution in [3.8, 4) is 0 Å². The molecule has 0 fully saturated rings. The number of hydrogen-bond donors (Lipinski definition) is 0. The van der Waals surface area contributed by atoms with Crippen LogP contribution in [-0.4, -0.2) is 37.2 Å². The van der Waals surface area contributed by atoms with Gasteiger partial charge in [-0.2, -0.15) is 0 Å². The van der Waals surface area contributed by atoms with Crippen LogP contribution in [0.15, 0.2) is 36.5 Å². The standard InChI is InChI=1S/C45H80O6/c1-4-7-10-13-16-19-21-22-23-24-27-29-32-35-38-44(47)50-41-42(40-49-43(46)37-34-31-28-25-18-15-12-9-6-3)51-45(48)39-36-33-30-26-20-17-14-11-8-5-2/h7,10,16,19,22-23,42H,4-6,8-9,11-15,17-18,20-21,24-41H2,1-3H3/b10-7-,19-16-,23-22-. The van der Waals surface area contributed by atoms with E-state index in [4.69, 9.17) is 14.2 Å². The molecule has 0 saturated heterocycles. The molecule has 0 radical (unpaired) electrons. The third-order valence-corrected chi connectivity index (χ3v) is 9.16. The molecule has 0 saturated carbocycles. The zero-order valence-corrected chi connectivity index (χ0v) is 33.6. The Labute approximate surface area is 315 Å². The molecule has 1 unspecified atom stereocenters. The van der Waals surface area contributed by atoms with Crippen molar-refractivity contribution in [2.24, 2.45) is 0 Å². The SMILES string of the molecule is CC/C=C\C/C=C\C/C=C\CCCCCCC(=O)OCC(COC(=O)CCCCCCCCCCC)OC(=O)CCCCCCCCCCCC. The highest BCUT2D eigenvalue weighted by Gasteiger charge is 2.19. The Morgan fingerprint density at radius 2 is 0.765 bits per heavy atom. The minimum absolute atomic E-state index is 0.0769. The molecule has 0 aliphatic rings. The van der Waals surface area contributed by atoms with Gasteiger partial charge >= 0.3 is 17.9 Å². The molecule has 0 heterocycles. The number of carbonyl (C=O) groups excluding carboxylic acids is 3. The van der Waals surface area contributed by atoms with Crippen molar-refractivity contribution in [2.45, 2.75) is 219 Å². The lowest BCUT2D eigenvalue weighted by Crippen LogP contribution is -2.30. The zero-order valence-electron chi connectivity index (χ0n) is 33.6. The van der Waals surface area contributed by atoms with E-state index in [0.717, 1.165) is 89.9 Å². The molecule has 6 heteroatoms. The van der Waals surface area contributed by atoms with E-state index in [-0.39, 0.29) is 31.1 Å². The molecule has 0 aliphatic heterocycles. The molecule has 0 rings (SSSR count). The van der Waals surface area contributed by atoms with Crippen molar-refractivity contribution in [3.63, 3.8) is 0 Å². The van der Waals surface area contributed by atoms with Gasteiger partial charge in [-0.25, -0.2) is 0 Å². The minimum Gasteiger partial charge on any atom is -0.462 e. The van der Waals surface area contributed by atoms with Crippen LogP contribution in [0.25, 0.3) is 0 Å². The molecular weight excluding hydrogens is 636 g/mol. The number of hydrogen-bond acceptors (Lipinski definition) is 6. The normalized spacial score (nSPS) is 12.3. The van der Waals surface area contributed by atoms with E-state index in [2.05, 4.69) is 57.2 Å². The van der Waals surface area contributed by atoms with Crippen molar-refractivity contribution in [1.29, 1.82) is 0 Å². The summed E-state index contributed by atoms with van der Waals surface area (Å²) < 4.78 is 16.6. The van der Waals surface area contributed by atoms with Crippen LogP contribution in [0.2, 0.25) is 0 Å². The van der Waals surface area contributed by atoms with Crippen molar-refractivity contribution >= 4 is 17.9 Å². The van der Waals surface area contributed by atoms with Gasteiger partial charge in [0.25, 0.3) is 0 Å². The molecule has 0 aromatic carbocycles. The Morgan fingerprint density at radius 1 is 0.412 bits per heavy atom. The highest BCUT2D eigenvalue weighted by molar-refractivity contribution is 5.71. The van der Waals surface area contributed by atoms with Crippen LogP contribution in [0.1, 0.15) is 213 Å². The second-order valence-electron chi connectivity index (χ2n) is 14.2. The van der Waals surface area contributed by atoms with Crippen LogP contribution < -0.4 is 0 Å². The predicted molar refractivity (Wildman–Crippen MR) is 215 cm³/mol. The van der Waals surface area contributed by atoms with E-state index < -0.39 is 6.10 Å². The van der Waals surface area contributed by atoms with Crippen molar-refractivity contribution < 1.29 is 28.6 Å². The van der Waals surface area contributed by atoms with Crippen molar-refractivity contribution in [2.75, 3.05) is 13.2 Å². The molecule has 296 valence electrons. The molecular formula is C45H80O6. The first-order chi connectivity index (χ1) is 25.0. The van der Waals surface area contributed by atoms with Gasteiger partial charge in [-0.3, -0.25) is 14.4 Å². The lowest BCUT2D eigenvalue weighted by molar-refractivity contribution is -0.167. The van der Waals surface area contributed by atoms with E-state index in [9.17, 15) is 14.4 Å². The average molecular weight is 717 g/mol. The number of carbonyl (C=O) groups is 3. The fraction of sp³-hybridized carbons (Fsp3) is 0.800. The number of unbranched alkanes of at least 4 members (excludes halogenated alkanes) is 21. The van der Waals surface area contributed by atoms with Gasteiger partial charge < -0.3 is 14.2 Å². The quantitative estimate of drug-likeness (QED) is 0.0274. The Morgan fingerprint density at radius 3 is 1.20 bits per heavy atom. The van der Waals surface area contributed by atoms with Crippen LogP contribution in [0.3, 0.4) is 0 Å². The fourth-order valence-corrected chi connectivity index (χ4v) is 5.93. The predicted octanol–water partition coefficient (Wildman–Crippen LogP) is 13.4. The summed E-state index contributed by atoms with van der Waals surface area (Å²) in [5.41, 5.74) is 0. The third-order valence-electron chi connectivity index (χ3n) is 9.16. The zero-order chi connectivity index (χ0) is 37.3. The van der Waals surface area contributed by atoms with E-state index >= 15 is 0 Å². The Balaban J connectivity index is 4.38. The molecule has 0 N–H and O–H groups in total. The van der Waals surface area contributed by atoms with E-state index in [1.807, 2.05) is 0 Å². The summed E-state index contributed by atoms with van der Waals surface area (Å²) in [6.45, 7) is 6.46. The Kier molecular flexibility index (Phi) is 38.5. The van der Waals surface area contributed by atoms with Gasteiger partial charge in [-0.1, -0.05) is 179 Å². The van der Waals surface area contributed by atoms with E-state index in [1.165, 1.54) is 83.5 Å². The summed E-state index contributed by atoms with van der Waals surface area (Å²) in [5, 5.41) is 0. The second kappa shape index (κ2) is 40.4. The van der Waals surface area contributed by atoms with Crippen molar-refractivity contribution in [1.82, 2.24) is 0 Å². The van der Waals surface area contributed by atoms with Crippen LogP contribution in [0.5, 0.6) is 0 Å². The number of rotatable bonds is 38. The van der Waals surface area contributed by atoms with Crippen LogP contribution in [-0.2, 0) is 28.6 Å². The van der Waals surface area contributed by atoms with Crippen LogP contribution in [0.4, 0.5) is 0 Å². The molecule has 1 atom stereocenters. The average Bonchev–Trinajstić information content (AvgIpc) is 3.12. The first kappa shape index (κ1) is 48.6. The first-order valence-corrected chi connectivity index (χ1v) is 21.5. The lowest BCUT2D eigenvalue weighted by Gasteiger charge is -2.18. The summed E-state index contributed by atoms with van der Waals surface area (Å²) >= 11 is 0. The summed E-state index contributed by atoms with van der Waals surface area (Å²) in [6.07, 6.45) is 44.1. The summed E-state index contributed by atoms with van der Waals surface area (Å²) in [5.74, 6) is -0.904. The minimum atomic E-state index is -0.772. The molecule has 0 aliphatic carbocycles. The maximum Gasteiger partial charge on any atom is 0.306 e. The summed E-state index contributed by atoms with van der Waals surface area (Å²) in [6, 6.07) is 0. The van der Waals surface area contributed by atoms with Gasteiger partial charge in [0.2, 0.25) is 0 Å². The number of allylic oxidation sites excluding steroid dienone is 6. The number of ether oxygens (including phenoxy) is 3. The number of esters is 3. The molecule has 0 spiro atoms. The maximum atomic E-state index is 12.6. The smallest absolute Gasteiger partial charge is 0.306 e. The maximum absolute atomic E-state index is 12.6. The molecule has 0 aromatic rings. The lowest BCUT2D eigenvalue weighted by atomic mass is 10.1. The molecule has 51 heavy (non-hydrogen) atoms. The van der Waals surface area contributed by atoms with Gasteiger partial charge in [0.05, 0.1) is 0 Å². The topological polar surface area (TPSA) is 78.9 Å². The first-order valence-electron chi connectivity index (χ1n) is 21.5. The van der Waals surface area contributed by atoms with Gasteiger partial charge in [0.1, 0.15) is 13.2 Å². The summed E-state index contributed by atoms with van der Waals surface area (Å²) in [7, 11) is 0. The third kappa shape index (κ3) is 38.7.